The minimum atomic E-state index is 0.171. The topological polar surface area (TPSA) is 44.5 Å². The van der Waals surface area contributed by atoms with E-state index in [0.717, 1.165) is 31.8 Å². The van der Waals surface area contributed by atoms with Crippen LogP contribution in [0.3, 0.4) is 0 Å². The van der Waals surface area contributed by atoms with Crippen molar-refractivity contribution in [1.29, 1.82) is 0 Å². The maximum absolute atomic E-state index is 6.44. The molecule has 0 aromatic heterocycles. The predicted octanol–water partition coefficient (Wildman–Crippen LogP) is 2.55. The van der Waals surface area contributed by atoms with E-state index in [1.54, 1.807) is 7.11 Å². The van der Waals surface area contributed by atoms with Gasteiger partial charge in [-0.15, -0.1) is 0 Å². The third kappa shape index (κ3) is 2.85. The van der Waals surface area contributed by atoms with Crippen molar-refractivity contribution in [1.82, 2.24) is 0 Å². The fourth-order valence-corrected chi connectivity index (χ4v) is 2.66. The van der Waals surface area contributed by atoms with Crippen LogP contribution < -0.4 is 10.5 Å². The molecule has 1 heterocycles. The summed E-state index contributed by atoms with van der Waals surface area (Å²) in [4.78, 5) is 0. The summed E-state index contributed by atoms with van der Waals surface area (Å²) in [7, 11) is 1.74. The summed E-state index contributed by atoms with van der Waals surface area (Å²) in [6.07, 6.45) is 2.02. The SMILES string of the molecule is COCCC(C)C(N)C1CCOc2ccccc21. The number of hydrogen-bond donors (Lipinski definition) is 1. The van der Waals surface area contributed by atoms with Crippen molar-refractivity contribution in [3.8, 4) is 5.75 Å². The highest BCUT2D eigenvalue weighted by molar-refractivity contribution is 5.38. The van der Waals surface area contributed by atoms with Gasteiger partial charge >= 0.3 is 0 Å². The molecule has 0 aliphatic carbocycles. The number of methoxy groups -OCH3 is 1. The van der Waals surface area contributed by atoms with Crippen LogP contribution in [-0.2, 0) is 4.74 Å². The van der Waals surface area contributed by atoms with Crippen LogP contribution in [0.2, 0.25) is 0 Å². The molecule has 0 spiro atoms. The van der Waals surface area contributed by atoms with Crippen molar-refractivity contribution < 1.29 is 9.47 Å². The molecular formula is C15H23NO2. The Bertz CT molecular complexity index is 381. The Hall–Kier alpha value is -1.06. The average Bonchev–Trinajstić information content (AvgIpc) is 2.43. The smallest absolute Gasteiger partial charge is 0.122 e. The summed E-state index contributed by atoms with van der Waals surface area (Å²) < 4.78 is 10.8. The number of para-hydroxylation sites is 1. The average molecular weight is 249 g/mol. The second kappa shape index (κ2) is 6.21. The van der Waals surface area contributed by atoms with Gasteiger partial charge in [-0.3, -0.25) is 0 Å². The van der Waals surface area contributed by atoms with E-state index in [2.05, 4.69) is 19.1 Å². The number of benzene rings is 1. The molecule has 2 N–H and O–H groups in total. The zero-order valence-corrected chi connectivity index (χ0v) is 11.3. The van der Waals surface area contributed by atoms with Crippen LogP contribution in [-0.4, -0.2) is 26.4 Å². The molecule has 0 bridgehead atoms. The van der Waals surface area contributed by atoms with E-state index >= 15 is 0 Å². The van der Waals surface area contributed by atoms with E-state index in [1.807, 2.05) is 12.1 Å². The summed E-state index contributed by atoms with van der Waals surface area (Å²) in [6, 6.07) is 8.43. The Kier molecular flexibility index (Phi) is 4.61. The Balaban J connectivity index is 2.09. The summed E-state index contributed by atoms with van der Waals surface area (Å²) in [5.41, 5.74) is 7.70. The van der Waals surface area contributed by atoms with Gasteiger partial charge in [0.2, 0.25) is 0 Å². The molecule has 2 rings (SSSR count). The molecule has 18 heavy (non-hydrogen) atoms. The lowest BCUT2D eigenvalue weighted by atomic mass is 9.80. The van der Waals surface area contributed by atoms with E-state index in [-0.39, 0.29) is 6.04 Å². The molecule has 1 aromatic rings. The van der Waals surface area contributed by atoms with Crippen molar-refractivity contribution >= 4 is 0 Å². The highest BCUT2D eigenvalue weighted by Crippen LogP contribution is 2.37. The first-order valence-corrected chi connectivity index (χ1v) is 6.70. The van der Waals surface area contributed by atoms with Crippen LogP contribution >= 0.6 is 0 Å². The molecule has 3 nitrogen and oxygen atoms in total. The van der Waals surface area contributed by atoms with Crippen LogP contribution in [0.5, 0.6) is 5.75 Å². The van der Waals surface area contributed by atoms with Gasteiger partial charge in [-0.1, -0.05) is 25.1 Å². The zero-order chi connectivity index (χ0) is 13.0. The zero-order valence-electron chi connectivity index (χ0n) is 11.3. The molecule has 1 aliphatic heterocycles. The molecule has 3 atom stereocenters. The predicted molar refractivity (Wildman–Crippen MR) is 72.9 cm³/mol. The summed E-state index contributed by atoms with van der Waals surface area (Å²) in [6.45, 7) is 3.76. The second-order valence-electron chi connectivity index (χ2n) is 5.12. The van der Waals surface area contributed by atoms with E-state index in [1.165, 1.54) is 5.56 Å². The minimum Gasteiger partial charge on any atom is -0.493 e. The van der Waals surface area contributed by atoms with Crippen molar-refractivity contribution in [2.75, 3.05) is 20.3 Å². The van der Waals surface area contributed by atoms with E-state index in [4.69, 9.17) is 15.2 Å². The third-order valence-electron chi connectivity index (χ3n) is 3.90. The first-order valence-electron chi connectivity index (χ1n) is 6.70. The lowest BCUT2D eigenvalue weighted by Gasteiger charge is -2.33. The van der Waals surface area contributed by atoms with Crippen LogP contribution in [0.4, 0.5) is 0 Å². The Morgan fingerprint density at radius 2 is 2.22 bits per heavy atom. The lowest BCUT2D eigenvalue weighted by molar-refractivity contribution is 0.166. The van der Waals surface area contributed by atoms with Crippen LogP contribution in [0.15, 0.2) is 24.3 Å². The van der Waals surface area contributed by atoms with Gasteiger partial charge in [0.15, 0.2) is 0 Å². The molecule has 3 unspecified atom stereocenters. The molecule has 0 amide bonds. The van der Waals surface area contributed by atoms with Crippen LogP contribution in [0.25, 0.3) is 0 Å². The van der Waals surface area contributed by atoms with Gasteiger partial charge in [0.1, 0.15) is 5.75 Å². The number of hydrogen-bond acceptors (Lipinski definition) is 3. The van der Waals surface area contributed by atoms with Gasteiger partial charge in [0, 0.05) is 25.7 Å². The number of ether oxygens (including phenoxy) is 2. The van der Waals surface area contributed by atoms with Crippen molar-refractivity contribution in [2.24, 2.45) is 11.7 Å². The Morgan fingerprint density at radius 1 is 1.44 bits per heavy atom. The summed E-state index contributed by atoms with van der Waals surface area (Å²) in [5, 5.41) is 0. The van der Waals surface area contributed by atoms with Crippen molar-refractivity contribution in [3.63, 3.8) is 0 Å². The monoisotopic (exact) mass is 249 g/mol. The molecule has 0 radical (unpaired) electrons. The van der Waals surface area contributed by atoms with Crippen molar-refractivity contribution in [2.45, 2.75) is 31.7 Å². The maximum atomic E-state index is 6.44. The van der Waals surface area contributed by atoms with Crippen LogP contribution in [0, 0.1) is 5.92 Å². The largest absolute Gasteiger partial charge is 0.493 e. The number of nitrogens with two attached hydrogens (primary N) is 1. The Labute approximate surface area is 109 Å². The van der Waals surface area contributed by atoms with E-state index < -0.39 is 0 Å². The fourth-order valence-electron chi connectivity index (χ4n) is 2.66. The molecule has 1 aliphatic rings. The minimum absolute atomic E-state index is 0.171. The maximum Gasteiger partial charge on any atom is 0.122 e. The standard InChI is InChI=1S/C15H23NO2/c1-11(7-9-17-2)15(16)13-8-10-18-14-6-4-3-5-12(13)14/h3-6,11,13,15H,7-10,16H2,1-2H3. The molecule has 0 saturated carbocycles. The number of fused-ring (bicyclic) bond motifs is 1. The number of rotatable bonds is 5. The van der Waals surface area contributed by atoms with Gasteiger partial charge in [-0.05, 0) is 30.4 Å². The van der Waals surface area contributed by atoms with Gasteiger partial charge in [-0.25, -0.2) is 0 Å². The highest BCUT2D eigenvalue weighted by Gasteiger charge is 2.29. The second-order valence-corrected chi connectivity index (χ2v) is 5.12. The van der Waals surface area contributed by atoms with Gasteiger partial charge < -0.3 is 15.2 Å². The molecule has 100 valence electrons. The quantitative estimate of drug-likeness (QED) is 0.872. The molecule has 3 heteroatoms. The molecule has 0 fully saturated rings. The first kappa shape index (κ1) is 13.4. The van der Waals surface area contributed by atoms with Gasteiger partial charge in [-0.2, -0.15) is 0 Å². The van der Waals surface area contributed by atoms with Crippen LogP contribution in [0.1, 0.15) is 31.2 Å². The molecular weight excluding hydrogens is 226 g/mol. The summed E-state index contributed by atoms with van der Waals surface area (Å²) in [5.74, 6) is 1.87. The van der Waals surface area contributed by atoms with E-state index in [9.17, 15) is 0 Å². The van der Waals surface area contributed by atoms with Crippen molar-refractivity contribution in [3.05, 3.63) is 29.8 Å². The summed E-state index contributed by atoms with van der Waals surface area (Å²) >= 11 is 0. The van der Waals surface area contributed by atoms with Gasteiger partial charge in [0.05, 0.1) is 6.61 Å². The highest BCUT2D eigenvalue weighted by atomic mass is 16.5. The molecule has 0 saturated heterocycles. The lowest BCUT2D eigenvalue weighted by Crippen LogP contribution is -2.37. The van der Waals surface area contributed by atoms with Gasteiger partial charge in [0.25, 0.3) is 0 Å². The first-order chi connectivity index (χ1) is 8.74. The fraction of sp³-hybridized carbons (Fsp3) is 0.600. The Morgan fingerprint density at radius 3 is 3.00 bits per heavy atom. The molecule has 1 aromatic carbocycles. The normalized spacial score (nSPS) is 21.8. The van der Waals surface area contributed by atoms with E-state index in [0.29, 0.717) is 11.8 Å². The third-order valence-corrected chi connectivity index (χ3v) is 3.90.